The molecule has 11 nitrogen and oxygen atoms in total. The number of halogens is 1. The quantitative estimate of drug-likeness (QED) is 0.415. The third-order valence-corrected chi connectivity index (χ3v) is 8.59. The van der Waals surface area contributed by atoms with Crippen LogP contribution in [0, 0.1) is 11.2 Å². The van der Waals surface area contributed by atoms with Gasteiger partial charge in [-0.25, -0.2) is 9.18 Å². The van der Waals surface area contributed by atoms with E-state index in [1.807, 2.05) is 51.1 Å². The smallest absolute Gasteiger partial charge is 0.410 e. The number of carbonyl (C=O) groups excluding carboxylic acids is 4. The Labute approximate surface area is 263 Å². The van der Waals surface area contributed by atoms with E-state index in [4.69, 9.17) is 15.2 Å². The number of amides is 4. The van der Waals surface area contributed by atoms with Crippen LogP contribution in [0.5, 0.6) is 0 Å². The van der Waals surface area contributed by atoms with Crippen molar-refractivity contribution >= 4 is 23.8 Å². The summed E-state index contributed by atoms with van der Waals surface area (Å²) in [5.41, 5.74) is 6.59. The summed E-state index contributed by atoms with van der Waals surface area (Å²) in [6.07, 6.45) is -0.641. The summed E-state index contributed by atoms with van der Waals surface area (Å²) in [5, 5.41) is 2.89. The van der Waals surface area contributed by atoms with Gasteiger partial charge in [0, 0.05) is 20.1 Å². The fourth-order valence-electron chi connectivity index (χ4n) is 5.85. The summed E-state index contributed by atoms with van der Waals surface area (Å²) >= 11 is 0. The summed E-state index contributed by atoms with van der Waals surface area (Å²) in [7, 11) is 1.47. The van der Waals surface area contributed by atoms with Crippen molar-refractivity contribution in [3.8, 4) is 0 Å². The monoisotopic (exact) mass is 625 g/mol. The van der Waals surface area contributed by atoms with Gasteiger partial charge in [0.15, 0.2) is 0 Å². The molecule has 244 valence electrons. The molecule has 0 aliphatic carbocycles. The van der Waals surface area contributed by atoms with Gasteiger partial charge in [0.1, 0.15) is 24.5 Å². The molecule has 2 aromatic rings. The van der Waals surface area contributed by atoms with Crippen molar-refractivity contribution in [2.45, 2.75) is 77.6 Å². The number of rotatable bonds is 10. The highest BCUT2D eigenvalue weighted by atomic mass is 19.1. The zero-order chi connectivity index (χ0) is 32.9. The molecule has 5 unspecified atom stereocenters. The van der Waals surface area contributed by atoms with Crippen molar-refractivity contribution in [3.63, 3.8) is 0 Å². The summed E-state index contributed by atoms with van der Waals surface area (Å²) in [5.74, 6) is -1.40. The van der Waals surface area contributed by atoms with E-state index >= 15 is 0 Å². The van der Waals surface area contributed by atoms with Crippen molar-refractivity contribution in [1.82, 2.24) is 20.0 Å². The van der Waals surface area contributed by atoms with E-state index in [1.54, 1.807) is 28.9 Å². The molecule has 2 fully saturated rings. The molecule has 3 N–H and O–H groups in total. The SMILES string of the molecule is CC(C(=O)NC(C(=O)N1CCC2C1C(OCc1ccc(F)cc1)CN2C(=O)CN)C(C)(C)C)N(C)C(=O)OCc1ccccc1. The Bertz CT molecular complexity index is 1350. The van der Waals surface area contributed by atoms with Gasteiger partial charge in [0.25, 0.3) is 0 Å². The second-order valence-electron chi connectivity index (χ2n) is 12.7. The molecule has 0 aromatic heterocycles. The molecule has 2 aliphatic rings. The molecular weight excluding hydrogens is 581 g/mol. The molecule has 5 atom stereocenters. The number of hydrogen-bond acceptors (Lipinski definition) is 7. The van der Waals surface area contributed by atoms with E-state index in [9.17, 15) is 23.6 Å². The Morgan fingerprint density at radius 1 is 1.02 bits per heavy atom. The molecule has 12 heteroatoms. The van der Waals surface area contributed by atoms with Crippen LogP contribution in [0.4, 0.5) is 9.18 Å². The maximum Gasteiger partial charge on any atom is 0.410 e. The van der Waals surface area contributed by atoms with Crippen LogP contribution in [0.15, 0.2) is 54.6 Å². The second kappa shape index (κ2) is 14.4. The van der Waals surface area contributed by atoms with Crippen molar-refractivity contribution in [1.29, 1.82) is 0 Å². The lowest BCUT2D eigenvalue weighted by Crippen LogP contribution is -2.60. The number of fused-ring (bicyclic) bond motifs is 1. The molecular formula is C33H44FN5O6. The number of likely N-dealkylation sites (tertiary alicyclic amines) is 2. The van der Waals surface area contributed by atoms with E-state index in [2.05, 4.69) is 5.32 Å². The van der Waals surface area contributed by atoms with Crippen LogP contribution in [0.25, 0.3) is 0 Å². The molecule has 4 rings (SSSR count). The number of nitrogens with zero attached hydrogens (tertiary/aromatic N) is 3. The van der Waals surface area contributed by atoms with Gasteiger partial charge >= 0.3 is 6.09 Å². The van der Waals surface area contributed by atoms with Crippen LogP contribution in [-0.4, -0.2) is 95.5 Å². The van der Waals surface area contributed by atoms with Gasteiger partial charge in [-0.05, 0) is 42.0 Å². The third-order valence-electron chi connectivity index (χ3n) is 8.59. The highest BCUT2D eigenvalue weighted by Gasteiger charge is 2.54. The van der Waals surface area contributed by atoms with Gasteiger partial charge in [-0.2, -0.15) is 0 Å². The van der Waals surface area contributed by atoms with Crippen molar-refractivity contribution in [3.05, 3.63) is 71.5 Å². The minimum absolute atomic E-state index is 0.0625. The first-order valence-electron chi connectivity index (χ1n) is 15.2. The molecule has 45 heavy (non-hydrogen) atoms. The first-order chi connectivity index (χ1) is 21.3. The zero-order valence-electron chi connectivity index (χ0n) is 26.6. The van der Waals surface area contributed by atoms with Gasteiger partial charge in [-0.1, -0.05) is 63.2 Å². The van der Waals surface area contributed by atoms with Gasteiger partial charge in [0.2, 0.25) is 17.7 Å². The molecule has 0 spiro atoms. The maximum absolute atomic E-state index is 14.2. The Morgan fingerprint density at radius 2 is 1.67 bits per heavy atom. The number of likely N-dealkylation sites (N-methyl/N-ethyl adjacent to an activating group) is 1. The summed E-state index contributed by atoms with van der Waals surface area (Å²) in [6, 6.07) is 12.6. The highest BCUT2D eigenvalue weighted by molar-refractivity contribution is 5.92. The standard InChI is InChI=1S/C33H44FN5O6/c1-21(37(5)32(43)45-20-22-9-7-6-8-10-22)30(41)36-29(33(2,3)4)31(42)38-16-15-25-28(38)26(18-39(25)27(40)17-35)44-19-23-11-13-24(34)14-12-23/h6-14,21,25-26,28-29H,15-20,35H2,1-5H3,(H,36,41). The van der Waals surface area contributed by atoms with Crippen LogP contribution in [-0.2, 0) is 37.1 Å². The molecule has 4 amide bonds. The van der Waals surface area contributed by atoms with Crippen LogP contribution in [0.2, 0.25) is 0 Å². The number of carbonyl (C=O) groups is 4. The van der Waals surface area contributed by atoms with Crippen LogP contribution in [0.1, 0.15) is 45.2 Å². The topological polar surface area (TPSA) is 135 Å². The van der Waals surface area contributed by atoms with E-state index in [0.717, 1.165) is 11.1 Å². The molecule has 2 aromatic carbocycles. The molecule has 0 saturated carbocycles. The van der Waals surface area contributed by atoms with Crippen molar-refractivity contribution < 1.29 is 33.0 Å². The Morgan fingerprint density at radius 3 is 2.29 bits per heavy atom. The van der Waals surface area contributed by atoms with E-state index in [0.29, 0.717) is 13.0 Å². The Kier molecular flexibility index (Phi) is 10.8. The first-order valence-corrected chi connectivity index (χ1v) is 15.2. The maximum atomic E-state index is 14.2. The van der Waals surface area contributed by atoms with Crippen LogP contribution < -0.4 is 11.1 Å². The minimum Gasteiger partial charge on any atom is -0.445 e. The Hall–Kier alpha value is -4.03. The fourth-order valence-corrected chi connectivity index (χ4v) is 5.85. The lowest BCUT2D eigenvalue weighted by molar-refractivity contribution is -0.143. The lowest BCUT2D eigenvalue weighted by Gasteiger charge is -2.37. The molecule has 0 bridgehead atoms. The molecule has 2 heterocycles. The third kappa shape index (κ3) is 7.98. The van der Waals surface area contributed by atoms with Gasteiger partial charge in [-0.3, -0.25) is 19.3 Å². The van der Waals surface area contributed by atoms with Gasteiger partial charge in [-0.15, -0.1) is 0 Å². The van der Waals surface area contributed by atoms with E-state index in [1.165, 1.54) is 24.1 Å². The normalized spacial score (nSPS) is 20.7. The minimum atomic E-state index is -0.933. The lowest BCUT2D eigenvalue weighted by atomic mass is 9.85. The summed E-state index contributed by atoms with van der Waals surface area (Å²) < 4.78 is 25.0. The predicted octanol–water partition coefficient (Wildman–Crippen LogP) is 2.67. The van der Waals surface area contributed by atoms with Crippen molar-refractivity contribution in [2.75, 3.05) is 26.7 Å². The van der Waals surface area contributed by atoms with Gasteiger partial charge < -0.3 is 30.3 Å². The average molecular weight is 626 g/mol. The number of nitrogens with one attached hydrogen (secondary N) is 1. The van der Waals surface area contributed by atoms with Crippen molar-refractivity contribution in [2.24, 2.45) is 11.1 Å². The van der Waals surface area contributed by atoms with Crippen LogP contribution in [0.3, 0.4) is 0 Å². The zero-order valence-corrected chi connectivity index (χ0v) is 26.6. The summed E-state index contributed by atoms with van der Waals surface area (Å²) in [4.78, 5) is 57.7. The largest absolute Gasteiger partial charge is 0.445 e. The predicted molar refractivity (Wildman–Crippen MR) is 165 cm³/mol. The van der Waals surface area contributed by atoms with E-state index in [-0.39, 0.29) is 50.0 Å². The van der Waals surface area contributed by atoms with Gasteiger partial charge in [0.05, 0.1) is 31.3 Å². The molecule has 0 radical (unpaired) electrons. The number of ether oxygens (including phenoxy) is 2. The van der Waals surface area contributed by atoms with E-state index < -0.39 is 41.6 Å². The number of hydrogen-bond donors (Lipinski definition) is 2. The number of benzene rings is 2. The first kappa shape index (κ1) is 33.9. The molecule has 2 aliphatic heterocycles. The summed E-state index contributed by atoms with van der Waals surface area (Å²) in [6.45, 7) is 7.83. The highest BCUT2D eigenvalue weighted by Crippen LogP contribution is 2.36. The second-order valence-corrected chi connectivity index (χ2v) is 12.7. The fraction of sp³-hybridized carbons (Fsp3) is 0.515. The Balaban J connectivity index is 1.47. The molecule has 2 saturated heterocycles. The van der Waals surface area contributed by atoms with Crippen LogP contribution >= 0.6 is 0 Å². The number of nitrogens with two attached hydrogens (primary N) is 1. The average Bonchev–Trinajstić information content (AvgIpc) is 3.61.